The Balaban J connectivity index is 1.62. The van der Waals surface area contributed by atoms with Gasteiger partial charge in [-0.05, 0) is 36.6 Å². The zero-order chi connectivity index (χ0) is 16.9. The maximum atomic E-state index is 13.7. The van der Waals surface area contributed by atoms with Crippen LogP contribution in [0.25, 0.3) is 0 Å². The minimum absolute atomic E-state index is 0.0978. The standard InChI is InChI=1S/C19H21FN4/c1-14-12-24(13-15-5-2-3-9-22-15)10-8-18(14)23-19-7-4-6-17(20)16(19)11-21/h2-7,9,14,18,23H,8,10,12-13H2,1H3/t14-,18+/m1/s1. The second kappa shape index (κ2) is 7.41. The zero-order valence-electron chi connectivity index (χ0n) is 13.7. The van der Waals surface area contributed by atoms with Gasteiger partial charge in [0, 0.05) is 31.9 Å². The molecule has 1 aromatic carbocycles. The molecule has 3 rings (SSSR count). The number of halogens is 1. The van der Waals surface area contributed by atoms with Gasteiger partial charge in [-0.3, -0.25) is 9.88 Å². The summed E-state index contributed by atoms with van der Waals surface area (Å²) < 4.78 is 13.7. The molecule has 0 saturated carbocycles. The molecule has 1 saturated heterocycles. The summed E-state index contributed by atoms with van der Waals surface area (Å²) >= 11 is 0. The number of hydrogen-bond acceptors (Lipinski definition) is 4. The summed E-state index contributed by atoms with van der Waals surface area (Å²) in [5, 5.41) is 12.5. The molecule has 0 radical (unpaired) electrons. The topological polar surface area (TPSA) is 52.0 Å². The van der Waals surface area contributed by atoms with Crippen LogP contribution in [0.1, 0.15) is 24.6 Å². The highest BCUT2D eigenvalue weighted by molar-refractivity contribution is 5.58. The summed E-state index contributed by atoms with van der Waals surface area (Å²) in [4.78, 5) is 6.77. The van der Waals surface area contributed by atoms with Crippen molar-refractivity contribution in [3.63, 3.8) is 0 Å². The van der Waals surface area contributed by atoms with Crippen LogP contribution in [-0.2, 0) is 6.54 Å². The van der Waals surface area contributed by atoms with Crippen LogP contribution in [-0.4, -0.2) is 29.0 Å². The van der Waals surface area contributed by atoms with Gasteiger partial charge in [0.25, 0.3) is 0 Å². The highest BCUT2D eigenvalue weighted by Crippen LogP contribution is 2.25. The molecular weight excluding hydrogens is 303 g/mol. The molecule has 1 aromatic heterocycles. The fourth-order valence-electron chi connectivity index (χ4n) is 3.27. The maximum Gasteiger partial charge on any atom is 0.143 e. The van der Waals surface area contributed by atoms with E-state index in [1.807, 2.05) is 30.5 Å². The van der Waals surface area contributed by atoms with E-state index in [9.17, 15) is 4.39 Å². The molecule has 24 heavy (non-hydrogen) atoms. The average molecular weight is 324 g/mol. The monoisotopic (exact) mass is 324 g/mol. The molecule has 2 atom stereocenters. The molecule has 0 bridgehead atoms. The summed E-state index contributed by atoms with van der Waals surface area (Å²) in [5.74, 6) is -0.0694. The van der Waals surface area contributed by atoms with Crippen molar-refractivity contribution in [2.75, 3.05) is 18.4 Å². The van der Waals surface area contributed by atoms with Gasteiger partial charge in [-0.1, -0.05) is 19.1 Å². The Morgan fingerprint density at radius 2 is 2.21 bits per heavy atom. The number of pyridine rings is 1. The van der Waals surface area contributed by atoms with Gasteiger partial charge in [-0.2, -0.15) is 5.26 Å². The first-order valence-electron chi connectivity index (χ1n) is 8.25. The van der Waals surface area contributed by atoms with Crippen molar-refractivity contribution in [2.24, 2.45) is 5.92 Å². The van der Waals surface area contributed by atoms with E-state index in [4.69, 9.17) is 5.26 Å². The first-order valence-corrected chi connectivity index (χ1v) is 8.25. The number of rotatable bonds is 4. The van der Waals surface area contributed by atoms with Gasteiger partial charge < -0.3 is 5.32 Å². The number of nitriles is 1. The van der Waals surface area contributed by atoms with Gasteiger partial charge in [-0.25, -0.2) is 4.39 Å². The summed E-state index contributed by atoms with van der Waals surface area (Å²) in [7, 11) is 0. The SMILES string of the molecule is C[C@@H]1CN(Cc2ccccn2)CC[C@@H]1Nc1cccc(F)c1C#N. The van der Waals surface area contributed by atoms with E-state index in [1.165, 1.54) is 6.07 Å². The number of likely N-dealkylation sites (tertiary alicyclic amines) is 1. The third-order valence-corrected chi connectivity index (χ3v) is 4.57. The number of nitrogens with zero attached hydrogens (tertiary/aromatic N) is 3. The zero-order valence-corrected chi connectivity index (χ0v) is 13.7. The number of nitrogens with one attached hydrogen (secondary N) is 1. The molecule has 124 valence electrons. The van der Waals surface area contributed by atoms with Gasteiger partial charge >= 0.3 is 0 Å². The van der Waals surface area contributed by atoms with E-state index >= 15 is 0 Å². The van der Waals surface area contributed by atoms with Crippen LogP contribution in [0.4, 0.5) is 10.1 Å². The van der Waals surface area contributed by atoms with E-state index < -0.39 is 5.82 Å². The number of aromatic nitrogens is 1. The predicted molar refractivity (Wildman–Crippen MR) is 91.8 cm³/mol. The van der Waals surface area contributed by atoms with Crippen molar-refractivity contribution < 1.29 is 4.39 Å². The van der Waals surface area contributed by atoms with Crippen molar-refractivity contribution in [3.8, 4) is 6.07 Å². The van der Waals surface area contributed by atoms with Crippen molar-refractivity contribution in [1.82, 2.24) is 9.88 Å². The highest BCUT2D eigenvalue weighted by atomic mass is 19.1. The third kappa shape index (κ3) is 3.72. The number of hydrogen-bond donors (Lipinski definition) is 1. The molecule has 0 amide bonds. The van der Waals surface area contributed by atoms with E-state index in [0.717, 1.165) is 31.7 Å². The Bertz CT molecular complexity index is 726. The van der Waals surface area contributed by atoms with Gasteiger partial charge in [0.15, 0.2) is 0 Å². The molecule has 5 heteroatoms. The Hall–Kier alpha value is -2.45. The lowest BCUT2D eigenvalue weighted by Crippen LogP contribution is -2.45. The van der Waals surface area contributed by atoms with Crippen molar-refractivity contribution in [3.05, 3.63) is 59.7 Å². The molecule has 1 aliphatic heterocycles. The first kappa shape index (κ1) is 16.4. The summed E-state index contributed by atoms with van der Waals surface area (Å²) in [6, 6.07) is 12.9. The van der Waals surface area contributed by atoms with E-state index in [-0.39, 0.29) is 11.6 Å². The van der Waals surface area contributed by atoms with Crippen LogP contribution in [0.2, 0.25) is 0 Å². The minimum atomic E-state index is -0.470. The normalized spacial score (nSPS) is 21.2. The third-order valence-electron chi connectivity index (χ3n) is 4.57. The van der Waals surface area contributed by atoms with Crippen LogP contribution in [0.3, 0.4) is 0 Å². The molecule has 2 aromatic rings. The van der Waals surface area contributed by atoms with Crippen LogP contribution >= 0.6 is 0 Å². The fraction of sp³-hybridized carbons (Fsp3) is 0.368. The summed E-state index contributed by atoms with van der Waals surface area (Å²) in [5.41, 5.74) is 1.76. The quantitative estimate of drug-likeness (QED) is 0.936. The van der Waals surface area contributed by atoms with Gasteiger partial charge in [-0.15, -0.1) is 0 Å². The molecule has 0 spiro atoms. The molecule has 2 heterocycles. The molecule has 1 N–H and O–H groups in total. The first-order chi connectivity index (χ1) is 11.7. The molecule has 4 nitrogen and oxygen atoms in total. The Morgan fingerprint density at radius 3 is 2.92 bits per heavy atom. The number of piperidine rings is 1. The largest absolute Gasteiger partial charge is 0.381 e. The number of benzene rings is 1. The van der Waals surface area contributed by atoms with Gasteiger partial charge in [0.05, 0.1) is 11.4 Å². The van der Waals surface area contributed by atoms with Gasteiger partial charge in [0.1, 0.15) is 17.4 Å². The highest BCUT2D eigenvalue weighted by Gasteiger charge is 2.27. The summed E-state index contributed by atoms with van der Waals surface area (Å²) in [6.07, 6.45) is 2.77. The van der Waals surface area contributed by atoms with Crippen LogP contribution < -0.4 is 5.32 Å². The molecule has 0 unspecified atom stereocenters. The maximum absolute atomic E-state index is 13.7. The lowest BCUT2D eigenvalue weighted by Gasteiger charge is -2.37. The molecule has 1 fully saturated rings. The smallest absolute Gasteiger partial charge is 0.143 e. The van der Waals surface area contributed by atoms with Crippen LogP contribution in [0, 0.1) is 23.1 Å². The lowest BCUT2D eigenvalue weighted by molar-refractivity contribution is 0.163. The van der Waals surface area contributed by atoms with Gasteiger partial charge in [0.2, 0.25) is 0 Å². The summed E-state index contributed by atoms with van der Waals surface area (Å²) in [6.45, 7) is 4.94. The second-order valence-electron chi connectivity index (χ2n) is 6.35. The minimum Gasteiger partial charge on any atom is -0.381 e. The van der Waals surface area contributed by atoms with E-state index in [2.05, 4.69) is 22.1 Å². The van der Waals surface area contributed by atoms with Crippen molar-refractivity contribution in [2.45, 2.75) is 25.9 Å². The van der Waals surface area contributed by atoms with Crippen LogP contribution in [0.15, 0.2) is 42.6 Å². The predicted octanol–water partition coefficient (Wildman–Crippen LogP) is 3.41. The van der Waals surface area contributed by atoms with E-state index in [0.29, 0.717) is 11.6 Å². The van der Waals surface area contributed by atoms with Crippen LogP contribution in [0.5, 0.6) is 0 Å². The molecular formula is C19H21FN4. The fourth-order valence-corrected chi connectivity index (χ4v) is 3.27. The van der Waals surface area contributed by atoms with Crippen molar-refractivity contribution >= 4 is 5.69 Å². The average Bonchev–Trinajstić information content (AvgIpc) is 2.58. The Kier molecular flexibility index (Phi) is 5.07. The number of anilines is 1. The second-order valence-corrected chi connectivity index (χ2v) is 6.35. The lowest BCUT2D eigenvalue weighted by atomic mass is 9.93. The Labute approximate surface area is 141 Å². The van der Waals surface area contributed by atoms with E-state index in [1.54, 1.807) is 12.1 Å². The molecule has 1 aliphatic rings. The Morgan fingerprint density at radius 1 is 1.33 bits per heavy atom. The molecule has 0 aliphatic carbocycles. The van der Waals surface area contributed by atoms with Crippen molar-refractivity contribution in [1.29, 1.82) is 5.26 Å².